The van der Waals surface area contributed by atoms with Crippen LogP contribution in [0.3, 0.4) is 0 Å². The molecule has 2 aromatic heterocycles. The summed E-state index contributed by atoms with van der Waals surface area (Å²) in [5, 5.41) is 10.5. The lowest BCUT2D eigenvalue weighted by Crippen LogP contribution is -2.15. The fourth-order valence-electron chi connectivity index (χ4n) is 3.53. The maximum atomic E-state index is 11.2. The standard InChI is InChI=1S/C24H26N6OS/c1-16(2)14-30-22(13-12-20(25)31)28-29-24(30)32-15-21-26-19-11-7-6-10-18(19)23(27-21)17-8-4-3-5-9-17/h3-11,16H,12-15H2,1-2H3,(H2,25,31). The Kier molecular flexibility index (Phi) is 6.80. The molecule has 4 rings (SSSR count). The van der Waals surface area contributed by atoms with E-state index in [1.165, 1.54) is 0 Å². The second-order valence-electron chi connectivity index (χ2n) is 8.03. The van der Waals surface area contributed by atoms with Gasteiger partial charge in [0.2, 0.25) is 5.91 Å². The number of carbonyl (C=O) groups excluding carboxylic acids is 1. The van der Waals surface area contributed by atoms with E-state index in [-0.39, 0.29) is 12.3 Å². The van der Waals surface area contributed by atoms with Crippen LogP contribution in [0.4, 0.5) is 0 Å². The van der Waals surface area contributed by atoms with Gasteiger partial charge < -0.3 is 10.3 Å². The van der Waals surface area contributed by atoms with Crippen molar-refractivity contribution in [3.8, 4) is 11.3 Å². The number of thioether (sulfide) groups is 1. The van der Waals surface area contributed by atoms with Gasteiger partial charge >= 0.3 is 0 Å². The van der Waals surface area contributed by atoms with Gasteiger partial charge in [-0.05, 0) is 12.0 Å². The number of hydrogen-bond acceptors (Lipinski definition) is 6. The number of nitrogens with zero attached hydrogens (tertiary/aromatic N) is 5. The van der Waals surface area contributed by atoms with E-state index < -0.39 is 0 Å². The molecular formula is C24H26N6OS. The summed E-state index contributed by atoms with van der Waals surface area (Å²) in [6.07, 6.45) is 0.745. The van der Waals surface area contributed by atoms with Crippen LogP contribution in [0.5, 0.6) is 0 Å². The second-order valence-corrected chi connectivity index (χ2v) is 8.97. The van der Waals surface area contributed by atoms with Gasteiger partial charge in [0.15, 0.2) is 5.16 Å². The van der Waals surface area contributed by atoms with Gasteiger partial charge in [0.1, 0.15) is 11.6 Å². The lowest BCUT2D eigenvalue weighted by Gasteiger charge is -2.12. The van der Waals surface area contributed by atoms with E-state index >= 15 is 0 Å². The Morgan fingerprint density at radius 2 is 1.78 bits per heavy atom. The first kappa shape index (κ1) is 22.0. The highest BCUT2D eigenvalue weighted by molar-refractivity contribution is 7.98. The van der Waals surface area contributed by atoms with Crippen LogP contribution in [0.2, 0.25) is 0 Å². The summed E-state index contributed by atoms with van der Waals surface area (Å²) in [6, 6.07) is 18.2. The van der Waals surface area contributed by atoms with Crippen molar-refractivity contribution in [3.63, 3.8) is 0 Å². The van der Waals surface area contributed by atoms with Crippen LogP contribution in [-0.4, -0.2) is 30.6 Å². The van der Waals surface area contributed by atoms with Gasteiger partial charge in [0, 0.05) is 30.3 Å². The number of aryl methyl sites for hydroxylation is 1. The molecule has 4 aromatic rings. The molecule has 0 saturated carbocycles. The summed E-state index contributed by atoms with van der Waals surface area (Å²) in [5.41, 5.74) is 8.23. The summed E-state index contributed by atoms with van der Waals surface area (Å²) in [7, 11) is 0. The third-order valence-electron chi connectivity index (χ3n) is 4.96. The Bertz CT molecular complexity index is 1220. The largest absolute Gasteiger partial charge is 0.370 e. The van der Waals surface area contributed by atoms with Crippen molar-refractivity contribution in [1.29, 1.82) is 0 Å². The van der Waals surface area contributed by atoms with Crippen LogP contribution in [0.25, 0.3) is 22.2 Å². The Labute approximate surface area is 191 Å². The van der Waals surface area contributed by atoms with Crippen molar-refractivity contribution >= 4 is 28.6 Å². The first-order valence-corrected chi connectivity index (χ1v) is 11.6. The van der Waals surface area contributed by atoms with E-state index in [4.69, 9.17) is 15.7 Å². The highest BCUT2D eigenvalue weighted by Crippen LogP contribution is 2.28. The molecule has 32 heavy (non-hydrogen) atoms. The maximum absolute atomic E-state index is 11.2. The van der Waals surface area contributed by atoms with Crippen molar-refractivity contribution < 1.29 is 4.79 Å². The molecule has 0 spiro atoms. The van der Waals surface area contributed by atoms with Gasteiger partial charge in [-0.25, -0.2) is 9.97 Å². The van der Waals surface area contributed by atoms with Crippen LogP contribution in [0, 0.1) is 5.92 Å². The first-order chi connectivity index (χ1) is 15.5. The molecule has 0 atom stereocenters. The summed E-state index contributed by atoms with van der Waals surface area (Å²) in [4.78, 5) is 20.9. The smallest absolute Gasteiger partial charge is 0.217 e. The summed E-state index contributed by atoms with van der Waals surface area (Å²) >= 11 is 1.56. The van der Waals surface area contributed by atoms with Crippen LogP contribution in [0.15, 0.2) is 59.8 Å². The molecule has 0 saturated heterocycles. The number of amides is 1. The van der Waals surface area contributed by atoms with Gasteiger partial charge in [0.05, 0.1) is 17.0 Å². The van der Waals surface area contributed by atoms with Crippen LogP contribution in [0.1, 0.15) is 31.9 Å². The summed E-state index contributed by atoms with van der Waals surface area (Å²) < 4.78 is 2.08. The van der Waals surface area contributed by atoms with Crippen molar-refractivity contribution in [1.82, 2.24) is 24.7 Å². The van der Waals surface area contributed by atoms with Gasteiger partial charge in [-0.3, -0.25) is 4.79 Å². The number of fused-ring (bicyclic) bond motifs is 1. The van der Waals surface area contributed by atoms with Gasteiger partial charge in [-0.15, -0.1) is 10.2 Å². The molecule has 0 aliphatic carbocycles. The highest BCUT2D eigenvalue weighted by Gasteiger charge is 2.16. The number of para-hydroxylation sites is 1. The molecule has 2 N–H and O–H groups in total. The first-order valence-electron chi connectivity index (χ1n) is 10.7. The molecule has 0 bridgehead atoms. The predicted molar refractivity (Wildman–Crippen MR) is 127 cm³/mol. The third kappa shape index (κ3) is 5.13. The number of carbonyl (C=O) groups is 1. The van der Waals surface area contributed by atoms with Crippen molar-refractivity contribution in [2.75, 3.05) is 0 Å². The molecule has 0 unspecified atom stereocenters. The Hall–Kier alpha value is -3.26. The molecule has 164 valence electrons. The lowest BCUT2D eigenvalue weighted by molar-refractivity contribution is -0.118. The van der Waals surface area contributed by atoms with E-state index in [0.717, 1.165) is 45.5 Å². The zero-order chi connectivity index (χ0) is 22.5. The zero-order valence-electron chi connectivity index (χ0n) is 18.2. The molecule has 0 aliphatic rings. The quantitative estimate of drug-likeness (QED) is 0.386. The SMILES string of the molecule is CC(C)Cn1c(CCC(N)=O)nnc1SCc1nc(-c2ccccc2)c2ccccc2n1. The fourth-order valence-corrected chi connectivity index (χ4v) is 4.35. The van der Waals surface area contributed by atoms with Gasteiger partial charge in [-0.1, -0.05) is 74.1 Å². The summed E-state index contributed by atoms with van der Waals surface area (Å²) in [5.74, 6) is 2.17. The van der Waals surface area contributed by atoms with Crippen LogP contribution >= 0.6 is 11.8 Å². The molecule has 0 aliphatic heterocycles. The zero-order valence-corrected chi connectivity index (χ0v) is 19.0. The van der Waals surface area contributed by atoms with Crippen molar-refractivity contribution in [3.05, 3.63) is 66.2 Å². The predicted octanol–water partition coefficient (Wildman–Crippen LogP) is 4.25. The second kappa shape index (κ2) is 9.91. The number of nitrogens with two attached hydrogens (primary N) is 1. The number of hydrogen-bond donors (Lipinski definition) is 1. The average Bonchev–Trinajstić information content (AvgIpc) is 3.17. The number of rotatable bonds is 9. The monoisotopic (exact) mass is 446 g/mol. The third-order valence-corrected chi connectivity index (χ3v) is 5.93. The number of aromatic nitrogens is 5. The highest BCUT2D eigenvalue weighted by atomic mass is 32.2. The van der Waals surface area contributed by atoms with E-state index in [1.807, 2.05) is 36.4 Å². The molecule has 2 heterocycles. The minimum absolute atomic E-state index is 0.259. The lowest BCUT2D eigenvalue weighted by atomic mass is 10.1. The molecule has 0 fully saturated rings. The molecule has 1 amide bonds. The van der Waals surface area contributed by atoms with Gasteiger partial charge in [0.25, 0.3) is 0 Å². The maximum Gasteiger partial charge on any atom is 0.217 e. The number of benzene rings is 2. The normalized spacial score (nSPS) is 11.3. The van der Waals surface area contributed by atoms with Crippen molar-refractivity contribution in [2.24, 2.45) is 11.7 Å². The molecular weight excluding hydrogens is 420 g/mol. The number of primary amides is 1. The minimum Gasteiger partial charge on any atom is -0.370 e. The Morgan fingerprint density at radius 3 is 2.53 bits per heavy atom. The van der Waals surface area contributed by atoms with E-state index in [0.29, 0.717) is 18.1 Å². The van der Waals surface area contributed by atoms with Gasteiger partial charge in [-0.2, -0.15) is 0 Å². The van der Waals surface area contributed by atoms with E-state index in [9.17, 15) is 4.79 Å². The minimum atomic E-state index is -0.337. The average molecular weight is 447 g/mol. The topological polar surface area (TPSA) is 99.6 Å². The van der Waals surface area contributed by atoms with Crippen LogP contribution in [-0.2, 0) is 23.5 Å². The fraction of sp³-hybridized carbons (Fsp3) is 0.292. The molecule has 0 radical (unpaired) electrons. The molecule has 8 heteroatoms. The molecule has 7 nitrogen and oxygen atoms in total. The Balaban J connectivity index is 1.63. The Morgan fingerprint density at radius 1 is 1.03 bits per heavy atom. The van der Waals surface area contributed by atoms with Crippen LogP contribution < -0.4 is 5.73 Å². The molecule has 2 aromatic carbocycles. The van der Waals surface area contributed by atoms with E-state index in [2.05, 4.69) is 46.8 Å². The van der Waals surface area contributed by atoms with Crippen molar-refractivity contribution in [2.45, 2.75) is 44.1 Å². The van der Waals surface area contributed by atoms with E-state index in [1.54, 1.807) is 11.8 Å². The summed E-state index contributed by atoms with van der Waals surface area (Å²) in [6.45, 7) is 5.06.